The van der Waals surface area contributed by atoms with Gasteiger partial charge in [0.15, 0.2) is 5.69 Å². The lowest BCUT2D eigenvalue weighted by Crippen LogP contribution is -2.42. The van der Waals surface area contributed by atoms with Crippen molar-refractivity contribution in [1.82, 2.24) is 14.5 Å². The molecular formula is C23H30N4O3. The molecule has 1 aliphatic heterocycles. The molecule has 0 unspecified atom stereocenters. The van der Waals surface area contributed by atoms with Crippen LogP contribution < -0.4 is 0 Å². The van der Waals surface area contributed by atoms with Crippen LogP contribution in [0.3, 0.4) is 0 Å². The third-order valence-electron chi connectivity index (χ3n) is 6.29. The van der Waals surface area contributed by atoms with Gasteiger partial charge in [-0.25, -0.2) is 14.6 Å². The number of ether oxygens (including phenoxy) is 2. The first-order valence-corrected chi connectivity index (χ1v) is 10.6. The second-order valence-corrected chi connectivity index (χ2v) is 9.65. The van der Waals surface area contributed by atoms with E-state index in [1.54, 1.807) is 13.2 Å². The Morgan fingerprint density at radius 3 is 3.03 bits per heavy atom. The van der Waals surface area contributed by atoms with Gasteiger partial charge in [-0.05, 0) is 43.7 Å². The van der Waals surface area contributed by atoms with E-state index in [2.05, 4.69) is 28.2 Å². The molecule has 1 amide bonds. The molecule has 2 atom stereocenters. The quantitative estimate of drug-likeness (QED) is 0.651. The molecule has 0 radical (unpaired) electrons. The van der Waals surface area contributed by atoms with Crippen LogP contribution in [0.1, 0.15) is 39.5 Å². The summed E-state index contributed by atoms with van der Waals surface area (Å²) in [6, 6.07) is 5.61. The third kappa shape index (κ3) is 4.15. The van der Waals surface area contributed by atoms with Crippen LogP contribution in [0.15, 0.2) is 24.5 Å². The highest BCUT2D eigenvalue weighted by atomic mass is 16.6. The molecule has 7 nitrogen and oxygen atoms in total. The lowest BCUT2D eigenvalue weighted by molar-refractivity contribution is 0.00404. The number of hydrogen-bond donors (Lipinski definition) is 0. The average molecular weight is 411 g/mol. The smallest absolute Gasteiger partial charge is 0.410 e. The molecule has 4 rings (SSSR count). The number of benzene rings is 1. The Balaban J connectivity index is 1.46. The SMILES string of the molecule is [C-]#[N+]c1ccc2ncn(C[C@H]3CCC[C@]4(C3)CN(CC(C)(C)COC)C(=O)O4)c2c1. The highest BCUT2D eigenvalue weighted by Crippen LogP contribution is 2.41. The molecule has 1 spiro atoms. The van der Waals surface area contributed by atoms with Gasteiger partial charge in [0, 0.05) is 25.6 Å². The lowest BCUT2D eigenvalue weighted by Gasteiger charge is -2.36. The third-order valence-corrected chi connectivity index (χ3v) is 6.29. The van der Waals surface area contributed by atoms with E-state index >= 15 is 0 Å². The van der Waals surface area contributed by atoms with Crippen LogP contribution in [0, 0.1) is 17.9 Å². The zero-order chi connectivity index (χ0) is 21.4. The van der Waals surface area contributed by atoms with Crippen molar-refractivity contribution >= 4 is 22.8 Å². The van der Waals surface area contributed by atoms with Crippen molar-refractivity contribution in [3.05, 3.63) is 35.9 Å². The van der Waals surface area contributed by atoms with Crippen LogP contribution >= 0.6 is 0 Å². The molecular weight excluding hydrogens is 380 g/mol. The molecule has 1 aromatic carbocycles. The summed E-state index contributed by atoms with van der Waals surface area (Å²) < 4.78 is 13.4. The molecule has 1 aliphatic carbocycles. The van der Waals surface area contributed by atoms with Gasteiger partial charge in [0.25, 0.3) is 0 Å². The number of methoxy groups -OCH3 is 1. The van der Waals surface area contributed by atoms with Gasteiger partial charge in [0.1, 0.15) is 5.60 Å². The topological polar surface area (TPSA) is 61.0 Å². The molecule has 2 heterocycles. The molecule has 7 heteroatoms. The van der Waals surface area contributed by atoms with Crippen molar-refractivity contribution in [2.75, 3.05) is 26.8 Å². The van der Waals surface area contributed by atoms with Crippen molar-refractivity contribution in [2.45, 2.75) is 51.7 Å². The van der Waals surface area contributed by atoms with E-state index in [0.29, 0.717) is 31.3 Å². The Morgan fingerprint density at radius 1 is 1.43 bits per heavy atom. The van der Waals surface area contributed by atoms with E-state index in [9.17, 15) is 4.79 Å². The van der Waals surface area contributed by atoms with Gasteiger partial charge < -0.3 is 18.9 Å². The van der Waals surface area contributed by atoms with E-state index in [4.69, 9.17) is 16.0 Å². The number of carbonyl (C=O) groups excluding carboxylic acids is 1. The maximum atomic E-state index is 12.6. The molecule has 1 aromatic heterocycles. The Bertz CT molecular complexity index is 976. The van der Waals surface area contributed by atoms with E-state index in [1.807, 2.05) is 23.4 Å². The molecule has 0 N–H and O–H groups in total. The fourth-order valence-corrected chi connectivity index (χ4v) is 5.14. The molecule has 2 fully saturated rings. The van der Waals surface area contributed by atoms with Crippen LogP contribution in [-0.2, 0) is 16.0 Å². The van der Waals surface area contributed by atoms with Gasteiger partial charge >= 0.3 is 6.09 Å². The monoisotopic (exact) mass is 410 g/mol. The van der Waals surface area contributed by atoms with Crippen LogP contribution in [0.5, 0.6) is 0 Å². The van der Waals surface area contributed by atoms with Crippen LogP contribution in [-0.4, -0.2) is 53.0 Å². The predicted octanol–water partition coefficient (Wildman–Crippen LogP) is 4.64. The highest BCUT2D eigenvalue weighted by molar-refractivity contribution is 5.79. The minimum atomic E-state index is -0.388. The summed E-state index contributed by atoms with van der Waals surface area (Å²) in [5.41, 5.74) is 2.04. The molecule has 0 bridgehead atoms. The first-order chi connectivity index (χ1) is 14.3. The van der Waals surface area contributed by atoms with Gasteiger partial charge in [-0.15, -0.1) is 0 Å². The molecule has 160 valence electrons. The predicted molar refractivity (Wildman–Crippen MR) is 114 cm³/mol. The summed E-state index contributed by atoms with van der Waals surface area (Å²) >= 11 is 0. The number of hydrogen-bond acceptors (Lipinski definition) is 4. The standard InChI is InChI=1S/C23H30N4O3/c1-22(2,15-29-4)13-27-14-23(30-21(27)28)9-5-6-17(11-23)12-26-16-25-19-8-7-18(24-3)10-20(19)26/h7-8,10,16-17H,5-6,9,11-15H2,1-2,4H3/t17-,23-/m0/s1. The minimum absolute atomic E-state index is 0.107. The number of amides is 1. The maximum Gasteiger partial charge on any atom is 0.410 e. The molecule has 30 heavy (non-hydrogen) atoms. The van der Waals surface area contributed by atoms with Crippen molar-refractivity contribution in [1.29, 1.82) is 0 Å². The Morgan fingerprint density at radius 2 is 2.27 bits per heavy atom. The van der Waals surface area contributed by atoms with Crippen LogP contribution in [0.2, 0.25) is 0 Å². The first kappa shape index (κ1) is 20.7. The second kappa shape index (κ2) is 7.92. The second-order valence-electron chi connectivity index (χ2n) is 9.65. The van der Waals surface area contributed by atoms with Gasteiger partial charge in [-0.2, -0.15) is 0 Å². The van der Waals surface area contributed by atoms with Gasteiger partial charge in [0.05, 0.1) is 37.1 Å². The highest BCUT2D eigenvalue weighted by Gasteiger charge is 2.48. The fourth-order valence-electron chi connectivity index (χ4n) is 5.14. The van der Waals surface area contributed by atoms with Crippen molar-refractivity contribution in [3.8, 4) is 0 Å². The van der Waals surface area contributed by atoms with Crippen molar-refractivity contribution in [2.24, 2.45) is 11.3 Å². The number of carbonyl (C=O) groups is 1. The summed E-state index contributed by atoms with van der Waals surface area (Å²) in [4.78, 5) is 22.5. The van der Waals surface area contributed by atoms with Crippen LogP contribution in [0.25, 0.3) is 15.9 Å². The summed E-state index contributed by atoms with van der Waals surface area (Å²) in [5, 5.41) is 0. The average Bonchev–Trinajstić information content (AvgIpc) is 3.21. The van der Waals surface area contributed by atoms with E-state index in [1.165, 1.54) is 0 Å². The first-order valence-electron chi connectivity index (χ1n) is 10.6. The number of rotatable bonds is 6. The summed E-state index contributed by atoms with van der Waals surface area (Å²) in [6.45, 7) is 14.2. The van der Waals surface area contributed by atoms with Crippen LogP contribution in [0.4, 0.5) is 10.5 Å². The molecule has 2 aromatic rings. The number of imidazole rings is 1. The van der Waals surface area contributed by atoms with Gasteiger partial charge in [-0.1, -0.05) is 19.9 Å². The lowest BCUT2D eigenvalue weighted by atomic mass is 9.77. The molecule has 2 aliphatic rings. The number of nitrogens with zero attached hydrogens (tertiary/aromatic N) is 4. The minimum Gasteiger partial charge on any atom is -0.441 e. The van der Waals surface area contributed by atoms with E-state index < -0.39 is 0 Å². The van der Waals surface area contributed by atoms with Gasteiger partial charge in [0.2, 0.25) is 0 Å². The zero-order valence-corrected chi connectivity index (χ0v) is 18.1. The van der Waals surface area contributed by atoms with Crippen molar-refractivity contribution < 1.29 is 14.3 Å². The normalized spacial score (nSPS) is 24.4. The zero-order valence-electron chi connectivity index (χ0n) is 18.1. The fraction of sp³-hybridized carbons (Fsp3) is 0.609. The Hall–Kier alpha value is -2.59. The van der Waals surface area contributed by atoms with Crippen molar-refractivity contribution in [3.63, 3.8) is 0 Å². The summed E-state index contributed by atoms with van der Waals surface area (Å²) in [7, 11) is 1.69. The van der Waals surface area contributed by atoms with E-state index in [0.717, 1.165) is 43.3 Å². The Kier molecular flexibility index (Phi) is 5.46. The Labute approximate surface area is 177 Å². The maximum absolute atomic E-state index is 12.6. The summed E-state index contributed by atoms with van der Waals surface area (Å²) in [6.07, 6.45) is 5.60. The molecule has 1 saturated heterocycles. The van der Waals surface area contributed by atoms with E-state index in [-0.39, 0.29) is 17.1 Å². The van der Waals surface area contributed by atoms with Gasteiger partial charge in [-0.3, -0.25) is 0 Å². The molecule has 1 saturated carbocycles. The number of fused-ring (bicyclic) bond motifs is 1. The number of aromatic nitrogens is 2. The summed E-state index contributed by atoms with van der Waals surface area (Å²) in [5.74, 6) is 0.410. The largest absolute Gasteiger partial charge is 0.441 e.